The maximum Gasteiger partial charge on any atom is 0.230 e. The fourth-order valence-corrected chi connectivity index (χ4v) is 3.20. The predicted molar refractivity (Wildman–Crippen MR) is 116 cm³/mol. The summed E-state index contributed by atoms with van der Waals surface area (Å²) in [6.07, 6.45) is 2.27. The molecule has 3 rings (SSSR count). The number of nitrogens with two attached hydrogens (primary N) is 1. The summed E-state index contributed by atoms with van der Waals surface area (Å²) in [7, 11) is 0. The summed E-state index contributed by atoms with van der Waals surface area (Å²) < 4.78 is 0. The Labute approximate surface area is 176 Å². The largest absolute Gasteiger partial charge is 0.508 e. The van der Waals surface area contributed by atoms with Crippen LogP contribution in [-0.2, 0) is 17.6 Å². The maximum atomic E-state index is 12.2. The molecule has 0 radical (unpaired) electrons. The molecule has 1 amide bonds. The predicted octanol–water partition coefficient (Wildman–Crippen LogP) is 2.12. The Morgan fingerprint density at radius 3 is 2.53 bits per heavy atom. The minimum atomic E-state index is -0.564. The highest BCUT2D eigenvalue weighted by Crippen LogP contribution is 2.15. The number of hydrogen-bond donors (Lipinski definition) is 4. The van der Waals surface area contributed by atoms with Crippen molar-refractivity contribution in [2.45, 2.75) is 25.9 Å². The normalized spacial score (nSPS) is 11.8. The first-order valence-corrected chi connectivity index (χ1v) is 10.1. The van der Waals surface area contributed by atoms with E-state index in [2.05, 4.69) is 15.6 Å². The first-order chi connectivity index (χ1) is 14.5. The number of phenols is 1. The first kappa shape index (κ1) is 21.5. The molecule has 0 aliphatic rings. The summed E-state index contributed by atoms with van der Waals surface area (Å²) in [6, 6.07) is 18.3. The van der Waals surface area contributed by atoms with Gasteiger partial charge in [-0.2, -0.15) is 0 Å². The average Bonchev–Trinajstić information content (AvgIpc) is 2.72. The van der Waals surface area contributed by atoms with Crippen LogP contribution in [0.15, 0.2) is 66.9 Å². The van der Waals surface area contributed by atoms with Gasteiger partial charge in [0.25, 0.3) is 0 Å². The number of quaternary nitrogens is 1. The fraction of sp³-hybridized carbons (Fsp3) is 0.250. The lowest BCUT2D eigenvalue weighted by molar-refractivity contribution is -0.661. The van der Waals surface area contributed by atoms with Crippen molar-refractivity contribution in [2.75, 3.05) is 18.4 Å². The Bertz CT molecular complexity index is 956. The van der Waals surface area contributed by atoms with E-state index in [1.807, 2.05) is 43.3 Å². The molecule has 0 saturated carbocycles. The number of aliphatic hydroxyl groups is 1. The van der Waals surface area contributed by atoms with Crippen LogP contribution in [0.25, 0.3) is 0 Å². The molecule has 156 valence electrons. The van der Waals surface area contributed by atoms with E-state index in [-0.39, 0.29) is 18.1 Å². The van der Waals surface area contributed by atoms with Gasteiger partial charge in [0.05, 0.1) is 13.0 Å². The van der Waals surface area contributed by atoms with Crippen LogP contribution in [0.1, 0.15) is 28.5 Å². The van der Waals surface area contributed by atoms with E-state index in [1.54, 1.807) is 30.5 Å². The van der Waals surface area contributed by atoms with Gasteiger partial charge in [-0.25, -0.2) is 0 Å². The van der Waals surface area contributed by atoms with E-state index in [4.69, 9.17) is 0 Å². The number of benzene rings is 2. The fourth-order valence-electron chi connectivity index (χ4n) is 3.20. The molecule has 6 heteroatoms. The van der Waals surface area contributed by atoms with Gasteiger partial charge in [-0.1, -0.05) is 24.3 Å². The molecule has 1 heterocycles. The first-order valence-electron chi connectivity index (χ1n) is 10.1. The van der Waals surface area contributed by atoms with Crippen LogP contribution in [0.2, 0.25) is 0 Å². The van der Waals surface area contributed by atoms with Crippen LogP contribution in [-0.4, -0.2) is 34.2 Å². The summed E-state index contributed by atoms with van der Waals surface area (Å²) in [5.74, 6) is 0.110. The second-order valence-corrected chi connectivity index (χ2v) is 7.42. The lowest BCUT2D eigenvalue weighted by atomic mass is 10.1. The molecule has 0 bridgehead atoms. The standard InChI is InChI=1S/C24H27N3O3/c1-17-10-13-26-21(14-17)15-24(30)27-20-6-2-18(3-7-20)11-12-25-16-23(29)19-4-8-22(28)9-5-19/h2-10,13-14,23,25,28-29H,11-12,15-16H2,1H3,(H,27,30)/p+1. The van der Waals surface area contributed by atoms with Gasteiger partial charge in [-0.05, 0) is 60.0 Å². The number of nitrogens with zero attached hydrogens (tertiary/aromatic N) is 1. The van der Waals surface area contributed by atoms with Crippen molar-refractivity contribution >= 4 is 11.6 Å². The van der Waals surface area contributed by atoms with Gasteiger partial charge in [0, 0.05) is 24.0 Å². The lowest BCUT2D eigenvalue weighted by Gasteiger charge is -2.10. The Morgan fingerprint density at radius 1 is 1.10 bits per heavy atom. The zero-order valence-corrected chi connectivity index (χ0v) is 17.1. The van der Waals surface area contributed by atoms with Crippen LogP contribution in [0, 0.1) is 6.92 Å². The molecule has 1 atom stereocenters. The van der Waals surface area contributed by atoms with Gasteiger partial charge in [-0.15, -0.1) is 0 Å². The molecule has 0 fully saturated rings. The molecule has 5 N–H and O–H groups in total. The van der Waals surface area contributed by atoms with Crippen molar-refractivity contribution in [1.82, 2.24) is 4.98 Å². The van der Waals surface area contributed by atoms with Crippen molar-refractivity contribution in [2.24, 2.45) is 0 Å². The van der Waals surface area contributed by atoms with E-state index in [1.165, 1.54) is 5.56 Å². The molecule has 6 nitrogen and oxygen atoms in total. The van der Waals surface area contributed by atoms with Gasteiger partial charge in [-0.3, -0.25) is 9.78 Å². The molecule has 0 saturated heterocycles. The minimum Gasteiger partial charge on any atom is -0.508 e. The molecule has 0 aliphatic heterocycles. The number of hydrogen-bond acceptors (Lipinski definition) is 4. The number of phenolic OH excluding ortho intramolecular Hbond substituents is 1. The zero-order valence-electron chi connectivity index (χ0n) is 17.1. The molecule has 30 heavy (non-hydrogen) atoms. The van der Waals surface area contributed by atoms with Crippen molar-refractivity contribution < 1.29 is 20.3 Å². The second kappa shape index (κ2) is 10.5. The Kier molecular flexibility index (Phi) is 7.54. The maximum absolute atomic E-state index is 12.2. The number of aryl methyl sites for hydroxylation is 1. The Balaban J connectivity index is 1.40. The van der Waals surface area contributed by atoms with Crippen LogP contribution >= 0.6 is 0 Å². The Hall–Kier alpha value is -3.22. The quantitative estimate of drug-likeness (QED) is 0.409. The number of aromatic hydroxyl groups is 1. The van der Waals surface area contributed by atoms with E-state index < -0.39 is 6.10 Å². The van der Waals surface area contributed by atoms with Crippen molar-refractivity contribution in [3.63, 3.8) is 0 Å². The van der Waals surface area contributed by atoms with E-state index in [0.29, 0.717) is 6.54 Å². The summed E-state index contributed by atoms with van der Waals surface area (Å²) in [6.45, 7) is 3.39. The van der Waals surface area contributed by atoms with E-state index >= 15 is 0 Å². The smallest absolute Gasteiger partial charge is 0.230 e. The molecular weight excluding hydrogens is 378 g/mol. The molecule has 2 aromatic carbocycles. The molecule has 1 aromatic heterocycles. The van der Waals surface area contributed by atoms with Gasteiger partial charge in [0.2, 0.25) is 5.91 Å². The van der Waals surface area contributed by atoms with Crippen molar-refractivity contribution in [1.29, 1.82) is 0 Å². The zero-order chi connectivity index (χ0) is 21.3. The van der Waals surface area contributed by atoms with Crippen LogP contribution in [0.4, 0.5) is 5.69 Å². The van der Waals surface area contributed by atoms with E-state index in [0.717, 1.165) is 35.5 Å². The highest BCUT2D eigenvalue weighted by Gasteiger charge is 2.09. The van der Waals surface area contributed by atoms with Gasteiger partial charge in [0.15, 0.2) is 0 Å². The molecule has 0 aliphatic carbocycles. The monoisotopic (exact) mass is 406 g/mol. The topological polar surface area (TPSA) is 99.1 Å². The van der Waals surface area contributed by atoms with Gasteiger partial charge in [0.1, 0.15) is 18.4 Å². The molecule has 0 spiro atoms. The number of anilines is 1. The van der Waals surface area contributed by atoms with Crippen LogP contribution in [0.5, 0.6) is 5.75 Å². The van der Waals surface area contributed by atoms with Crippen molar-refractivity contribution in [3.8, 4) is 5.75 Å². The Morgan fingerprint density at radius 2 is 1.83 bits per heavy atom. The summed E-state index contributed by atoms with van der Waals surface area (Å²) >= 11 is 0. The van der Waals surface area contributed by atoms with Crippen molar-refractivity contribution in [3.05, 3.63) is 89.2 Å². The second-order valence-electron chi connectivity index (χ2n) is 7.42. The number of nitrogens with one attached hydrogen (secondary N) is 1. The number of amides is 1. The third-order valence-corrected chi connectivity index (χ3v) is 4.86. The summed E-state index contributed by atoms with van der Waals surface area (Å²) in [5.41, 5.74) is 4.58. The highest BCUT2D eigenvalue weighted by atomic mass is 16.3. The van der Waals surface area contributed by atoms with E-state index in [9.17, 15) is 15.0 Å². The average molecular weight is 407 g/mol. The number of rotatable bonds is 9. The summed E-state index contributed by atoms with van der Waals surface area (Å²) in [4.78, 5) is 16.4. The SMILES string of the molecule is Cc1ccnc(CC(=O)Nc2ccc(CC[NH2+]CC(O)c3ccc(O)cc3)cc2)c1. The highest BCUT2D eigenvalue weighted by molar-refractivity contribution is 5.92. The lowest BCUT2D eigenvalue weighted by Crippen LogP contribution is -2.85. The number of aliphatic hydroxyl groups excluding tert-OH is 1. The minimum absolute atomic E-state index is 0.0857. The molecule has 3 aromatic rings. The molecular formula is C24H28N3O3+. The third-order valence-electron chi connectivity index (χ3n) is 4.86. The molecule has 1 unspecified atom stereocenters. The summed E-state index contributed by atoms with van der Waals surface area (Å²) in [5, 5.41) is 24.5. The third kappa shape index (κ3) is 6.69. The van der Waals surface area contributed by atoms with Crippen LogP contribution in [0.3, 0.4) is 0 Å². The number of carbonyl (C=O) groups excluding carboxylic acids is 1. The number of aromatic nitrogens is 1. The van der Waals surface area contributed by atoms with Gasteiger partial charge < -0.3 is 20.8 Å². The number of pyridine rings is 1. The van der Waals surface area contributed by atoms with Gasteiger partial charge >= 0.3 is 0 Å². The van der Waals surface area contributed by atoms with Crippen LogP contribution < -0.4 is 10.6 Å². The number of carbonyl (C=O) groups is 1.